The first-order valence-electron chi connectivity index (χ1n) is 5.20. The molecule has 1 aromatic carbocycles. The summed E-state index contributed by atoms with van der Waals surface area (Å²) in [7, 11) is 4.21. The highest BCUT2D eigenvalue weighted by molar-refractivity contribution is 6.32. The van der Waals surface area contributed by atoms with Gasteiger partial charge in [-0.2, -0.15) is 0 Å². The third-order valence-electron chi connectivity index (χ3n) is 2.48. The van der Waals surface area contributed by atoms with Crippen LogP contribution in [0.2, 0.25) is 5.02 Å². The molecule has 84 valence electrons. The van der Waals surface area contributed by atoms with Crippen LogP contribution in [-0.4, -0.2) is 27.2 Å². The molecule has 15 heavy (non-hydrogen) atoms. The summed E-state index contributed by atoms with van der Waals surface area (Å²) in [4.78, 5) is 1.37. The molecule has 0 aromatic heterocycles. The summed E-state index contributed by atoms with van der Waals surface area (Å²) < 4.78 is 5.71. The Morgan fingerprint density at radius 2 is 1.93 bits per heavy atom. The first kappa shape index (κ1) is 12.3. The highest BCUT2D eigenvalue weighted by Crippen LogP contribution is 2.30. The van der Waals surface area contributed by atoms with Gasteiger partial charge >= 0.3 is 0 Å². The topological polar surface area (TPSA) is 13.7 Å². The van der Waals surface area contributed by atoms with Gasteiger partial charge in [-0.25, -0.2) is 0 Å². The van der Waals surface area contributed by atoms with Crippen LogP contribution < -0.4 is 9.64 Å². The Labute approximate surface area is 96.8 Å². The molecular weight excluding hydrogens is 210 g/mol. The maximum absolute atomic E-state index is 6.09. The number of halogens is 1. The number of hydrogen-bond donors (Lipinski definition) is 1. The predicted octanol–water partition coefficient (Wildman–Crippen LogP) is 1.48. The lowest BCUT2D eigenvalue weighted by atomic mass is 10.1. The van der Waals surface area contributed by atoms with Crippen molar-refractivity contribution in [3.05, 3.63) is 28.3 Å². The number of ether oxygens (including phenoxy) is 1. The summed E-state index contributed by atoms with van der Waals surface area (Å²) in [6.07, 6.45) is 0. The number of quaternary nitrogens is 1. The quantitative estimate of drug-likeness (QED) is 0.825. The van der Waals surface area contributed by atoms with Gasteiger partial charge < -0.3 is 9.64 Å². The van der Waals surface area contributed by atoms with Gasteiger partial charge in [0.25, 0.3) is 0 Å². The van der Waals surface area contributed by atoms with E-state index in [9.17, 15) is 0 Å². The van der Waals surface area contributed by atoms with Crippen LogP contribution in [0.5, 0.6) is 5.75 Å². The Balaban J connectivity index is 2.71. The zero-order valence-corrected chi connectivity index (χ0v) is 10.6. The largest absolute Gasteiger partial charge is 0.486 e. The maximum Gasteiger partial charge on any atom is 0.141 e. The predicted molar refractivity (Wildman–Crippen MR) is 64.1 cm³/mol. The molecule has 0 aliphatic heterocycles. The minimum atomic E-state index is 0.701. The standard InChI is InChI=1S/C12H18ClNO/c1-9-5-6-11(13)12(10(9)2)15-8-7-14(3)4/h5-6H,7-8H2,1-4H3/p+1. The van der Waals surface area contributed by atoms with E-state index in [1.807, 2.05) is 19.1 Å². The number of rotatable bonds is 4. The highest BCUT2D eigenvalue weighted by atomic mass is 35.5. The Bertz CT molecular complexity index is 337. The second-order valence-electron chi connectivity index (χ2n) is 4.12. The lowest BCUT2D eigenvalue weighted by Crippen LogP contribution is -3.06. The van der Waals surface area contributed by atoms with Crippen LogP contribution >= 0.6 is 11.6 Å². The molecule has 0 fully saturated rings. The average Bonchev–Trinajstić information content (AvgIpc) is 2.17. The van der Waals surface area contributed by atoms with E-state index in [4.69, 9.17) is 16.3 Å². The van der Waals surface area contributed by atoms with Gasteiger partial charge in [-0.15, -0.1) is 0 Å². The smallest absolute Gasteiger partial charge is 0.141 e. The molecular formula is C12H19ClNO+. The Kier molecular flexibility index (Phi) is 4.43. The monoisotopic (exact) mass is 228 g/mol. The van der Waals surface area contributed by atoms with E-state index in [2.05, 4.69) is 21.0 Å². The van der Waals surface area contributed by atoms with E-state index in [0.717, 1.165) is 17.9 Å². The van der Waals surface area contributed by atoms with Crippen molar-refractivity contribution >= 4 is 11.6 Å². The second-order valence-corrected chi connectivity index (χ2v) is 4.53. The van der Waals surface area contributed by atoms with Gasteiger partial charge in [-0.3, -0.25) is 0 Å². The molecule has 0 spiro atoms. The molecule has 0 saturated carbocycles. The summed E-state index contributed by atoms with van der Waals surface area (Å²) in [6, 6.07) is 3.91. The first-order valence-corrected chi connectivity index (χ1v) is 5.57. The lowest BCUT2D eigenvalue weighted by Gasteiger charge is -2.13. The number of aryl methyl sites for hydroxylation is 1. The molecule has 1 rings (SSSR count). The summed E-state index contributed by atoms with van der Waals surface area (Å²) in [6.45, 7) is 5.78. The third-order valence-corrected chi connectivity index (χ3v) is 2.77. The zero-order valence-electron chi connectivity index (χ0n) is 9.86. The van der Waals surface area contributed by atoms with E-state index in [-0.39, 0.29) is 0 Å². The van der Waals surface area contributed by atoms with Gasteiger partial charge in [0.15, 0.2) is 0 Å². The van der Waals surface area contributed by atoms with Crippen LogP contribution in [0.15, 0.2) is 12.1 Å². The maximum atomic E-state index is 6.09. The molecule has 1 N–H and O–H groups in total. The van der Waals surface area contributed by atoms with E-state index >= 15 is 0 Å². The van der Waals surface area contributed by atoms with Gasteiger partial charge in [0.05, 0.1) is 19.1 Å². The summed E-state index contributed by atoms with van der Waals surface area (Å²) >= 11 is 6.09. The van der Waals surface area contributed by atoms with Crippen molar-refractivity contribution in [1.29, 1.82) is 0 Å². The zero-order chi connectivity index (χ0) is 11.4. The van der Waals surface area contributed by atoms with Gasteiger partial charge in [0.1, 0.15) is 18.9 Å². The summed E-state index contributed by atoms with van der Waals surface area (Å²) in [5, 5.41) is 0.701. The summed E-state index contributed by atoms with van der Waals surface area (Å²) in [5.41, 5.74) is 2.35. The molecule has 0 unspecified atom stereocenters. The van der Waals surface area contributed by atoms with Crippen molar-refractivity contribution in [3.8, 4) is 5.75 Å². The summed E-state index contributed by atoms with van der Waals surface area (Å²) in [5.74, 6) is 0.831. The number of likely N-dealkylation sites (N-methyl/N-ethyl adjacent to an activating group) is 1. The number of benzene rings is 1. The SMILES string of the molecule is Cc1ccc(Cl)c(OCC[NH+](C)C)c1C. The van der Waals surface area contributed by atoms with Crippen molar-refractivity contribution < 1.29 is 9.64 Å². The fourth-order valence-corrected chi connectivity index (χ4v) is 1.55. The molecule has 0 radical (unpaired) electrons. The minimum Gasteiger partial charge on any atom is -0.486 e. The molecule has 0 saturated heterocycles. The minimum absolute atomic E-state index is 0.701. The van der Waals surface area contributed by atoms with Crippen LogP contribution in [0.25, 0.3) is 0 Å². The van der Waals surface area contributed by atoms with Crippen molar-refractivity contribution in [2.75, 3.05) is 27.2 Å². The first-order chi connectivity index (χ1) is 7.02. The number of hydrogen-bond acceptors (Lipinski definition) is 1. The van der Waals surface area contributed by atoms with Gasteiger partial charge in [0.2, 0.25) is 0 Å². The molecule has 0 heterocycles. The van der Waals surface area contributed by atoms with Crippen LogP contribution in [0, 0.1) is 13.8 Å². The molecule has 3 heteroatoms. The fraction of sp³-hybridized carbons (Fsp3) is 0.500. The molecule has 0 amide bonds. The van der Waals surface area contributed by atoms with Crippen LogP contribution in [0.4, 0.5) is 0 Å². The average molecular weight is 229 g/mol. The Hall–Kier alpha value is -0.730. The highest BCUT2D eigenvalue weighted by Gasteiger charge is 2.08. The van der Waals surface area contributed by atoms with Crippen molar-refractivity contribution in [3.63, 3.8) is 0 Å². The van der Waals surface area contributed by atoms with Crippen LogP contribution in [0.3, 0.4) is 0 Å². The normalized spacial score (nSPS) is 10.8. The third kappa shape index (κ3) is 3.40. The number of nitrogens with one attached hydrogen (secondary N) is 1. The second kappa shape index (κ2) is 5.38. The molecule has 1 aromatic rings. The van der Waals surface area contributed by atoms with Gasteiger partial charge in [0, 0.05) is 0 Å². The molecule has 0 aliphatic carbocycles. The molecule has 0 atom stereocenters. The molecule has 2 nitrogen and oxygen atoms in total. The van der Waals surface area contributed by atoms with E-state index in [1.54, 1.807) is 0 Å². The molecule has 0 bridgehead atoms. The van der Waals surface area contributed by atoms with Gasteiger partial charge in [-0.1, -0.05) is 17.7 Å². The van der Waals surface area contributed by atoms with Crippen LogP contribution in [0.1, 0.15) is 11.1 Å². The van der Waals surface area contributed by atoms with Crippen molar-refractivity contribution in [2.24, 2.45) is 0 Å². The van der Waals surface area contributed by atoms with Crippen molar-refractivity contribution in [2.45, 2.75) is 13.8 Å². The lowest BCUT2D eigenvalue weighted by molar-refractivity contribution is -0.858. The Morgan fingerprint density at radius 3 is 2.53 bits per heavy atom. The van der Waals surface area contributed by atoms with E-state index in [0.29, 0.717) is 11.6 Å². The van der Waals surface area contributed by atoms with E-state index in [1.165, 1.54) is 10.5 Å². The fourth-order valence-electron chi connectivity index (χ4n) is 1.29. The van der Waals surface area contributed by atoms with Crippen LogP contribution in [-0.2, 0) is 0 Å². The van der Waals surface area contributed by atoms with E-state index < -0.39 is 0 Å². The Morgan fingerprint density at radius 1 is 1.27 bits per heavy atom. The van der Waals surface area contributed by atoms with Crippen molar-refractivity contribution in [1.82, 2.24) is 0 Å². The molecule has 0 aliphatic rings. The van der Waals surface area contributed by atoms with Gasteiger partial charge in [-0.05, 0) is 31.0 Å².